The molecule has 0 aromatic heterocycles. The summed E-state index contributed by atoms with van der Waals surface area (Å²) in [6, 6.07) is 0.897. The molecule has 0 unspecified atom stereocenters. The predicted molar refractivity (Wildman–Crippen MR) is 62.5 cm³/mol. The van der Waals surface area contributed by atoms with Gasteiger partial charge >= 0.3 is 5.97 Å². The van der Waals surface area contributed by atoms with Crippen molar-refractivity contribution in [3.8, 4) is 0 Å². The number of carboxylic acid groups (broad SMARTS) is 1. The Balaban J connectivity index is 1.53. The van der Waals surface area contributed by atoms with Crippen molar-refractivity contribution in [2.75, 3.05) is 32.7 Å². The SMILES string of the molecule is O=C(O)CCCCN1CCN(C2CC2)CC1. The molecule has 1 aliphatic carbocycles. The van der Waals surface area contributed by atoms with E-state index >= 15 is 0 Å². The number of nitrogens with zero attached hydrogens (tertiary/aromatic N) is 2. The molecule has 92 valence electrons. The second-order valence-electron chi connectivity index (χ2n) is 4.96. The summed E-state index contributed by atoms with van der Waals surface area (Å²) >= 11 is 0. The first-order chi connectivity index (χ1) is 7.75. The molecule has 1 saturated heterocycles. The van der Waals surface area contributed by atoms with Crippen molar-refractivity contribution >= 4 is 5.97 Å². The van der Waals surface area contributed by atoms with Gasteiger partial charge in [-0.3, -0.25) is 9.69 Å². The minimum Gasteiger partial charge on any atom is -0.481 e. The standard InChI is InChI=1S/C12H22N2O2/c15-12(16)3-1-2-6-13-7-9-14(10-8-13)11-4-5-11/h11H,1-10H2,(H,15,16). The van der Waals surface area contributed by atoms with Crippen LogP contribution in [0.3, 0.4) is 0 Å². The van der Waals surface area contributed by atoms with Crippen molar-refractivity contribution in [3.63, 3.8) is 0 Å². The Morgan fingerprint density at radius 1 is 1.12 bits per heavy atom. The number of piperazine rings is 1. The van der Waals surface area contributed by atoms with Crippen molar-refractivity contribution < 1.29 is 9.90 Å². The molecule has 0 spiro atoms. The highest BCUT2D eigenvalue weighted by Crippen LogP contribution is 2.27. The summed E-state index contributed by atoms with van der Waals surface area (Å²) < 4.78 is 0. The van der Waals surface area contributed by atoms with Gasteiger partial charge in [0.1, 0.15) is 0 Å². The topological polar surface area (TPSA) is 43.8 Å². The van der Waals surface area contributed by atoms with Crippen LogP contribution in [-0.2, 0) is 4.79 Å². The quantitative estimate of drug-likeness (QED) is 0.687. The molecule has 1 aliphatic heterocycles. The molecule has 1 heterocycles. The molecule has 0 aromatic rings. The average Bonchev–Trinajstić information content (AvgIpc) is 3.09. The highest BCUT2D eigenvalue weighted by Gasteiger charge is 2.30. The lowest BCUT2D eigenvalue weighted by Crippen LogP contribution is -2.47. The summed E-state index contributed by atoms with van der Waals surface area (Å²) in [5.74, 6) is -0.668. The Morgan fingerprint density at radius 3 is 2.38 bits per heavy atom. The van der Waals surface area contributed by atoms with Crippen LogP contribution < -0.4 is 0 Å². The summed E-state index contributed by atoms with van der Waals surface area (Å²) in [6.45, 7) is 5.84. The van der Waals surface area contributed by atoms with E-state index in [1.165, 1.54) is 39.0 Å². The van der Waals surface area contributed by atoms with Gasteiger partial charge in [0, 0.05) is 38.6 Å². The fourth-order valence-electron chi connectivity index (χ4n) is 2.40. The highest BCUT2D eigenvalue weighted by atomic mass is 16.4. The smallest absolute Gasteiger partial charge is 0.303 e. The predicted octanol–water partition coefficient (Wildman–Crippen LogP) is 1.02. The van der Waals surface area contributed by atoms with Gasteiger partial charge in [-0.2, -0.15) is 0 Å². The summed E-state index contributed by atoms with van der Waals surface area (Å²) in [4.78, 5) is 15.4. The van der Waals surface area contributed by atoms with Crippen LogP contribution in [0.4, 0.5) is 0 Å². The summed E-state index contributed by atoms with van der Waals surface area (Å²) in [5.41, 5.74) is 0. The van der Waals surface area contributed by atoms with Crippen molar-refractivity contribution in [2.45, 2.75) is 38.1 Å². The first-order valence-electron chi connectivity index (χ1n) is 6.44. The average molecular weight is 226 g/mol. The second kappa shape index (κ2) is 5.64. The molecule has 0 radical (unpaired) electrons. The molecule has 2 aliphatic rings. The zero-order chi connectivity index (χ0) is 11.4. The summed E-state index contributed by atoms with van der Waals surface area (Å²) in [5, 5.41) is 8.53. The molecule has 0 amide bonds. The van der Waals surface area contributed by atoms with Crippen LogP contribution >= 0.6 is 0 Å². The lowest BCUT2D eigenvalue weighted by Gasteiger charge is -2.34. The Hall–Kier alpha value is -0.610. The molecular formula is C12H22N2O2. The third-order valence-corrected chi connectivity index (χ3v) is 3.59. The van der Waals surface area contributed by atoms with Crippen LogP contribution in [-0.4, -0.2) is 59.6 Å². The van der Waals surface area contributed by atoms with Crippen LogP contribution in [0.5, 0.6) is 0 Å². The van der Waals surface area contributed by atoms with E-state index in [1.807, 2.05) is 0 Å². The number of carbonyl (C=O) groups is 1. The van der Waals surface area contributed by atoms with E-state index in [1.54, 1.807) is 0 Å². The molecule has 2 fully saturated rings. The number of carboxylic acids is 1. The number of hydrogen-bond acceptors (Lipinski definition) is 3. The van der Waals surface area contributed by atoms with Gasteiger partial charge in [0.25, 0.3) is 0 Å². The Bertz CT molecular complexity index is 233. The second-order valence-corrected chi connectivity index (χ2v) is 4.96. The summed E-state index contributed by atoms with van der Waals surface area (Å²) in [6.07, 6.45) is 4.97. The van der Waals surface area contributed by atoms with E-state index in [2.05, 4.69) is 9.80 Å². The Kier molecular flexibility index (Phi) is 4.18. The van der Waals surface area contributed by atoms with Crippen LogP contribution in [0.25, 0.3) is 0 Å². The first-order valence-corrected chi connectivity index (χ1v) is 6.44. The largest absolute Gasteiger partial charge is 0.481 e. The van der Waals surface area contributed by atoms with Gasteiger partial charge in [0.2, 0.25) is 0 Å². The van der Waals surface area contributed by atoms with Gasteiger partial charge in [-0.05, 0) is 32.2 Å². The van der Waals surface area contributed by atoms with Crippen LogP contribution in [0.1, 0.15) is 32.1 Å². The molecule has 0 atom stereocenters. The molecule has 1 saturated carbocycles. The molecule has 4 heteroatoms. The molecule has 16 heavy (non-hydrogen) atoms. The maximum absolute atomic E-state index is 10.4. The molecular weight excluding hydrogens is 204 g/mol. The van der Waals surface area contributed by atoms with E-state index < -0.39 is 5.97 Å². The van der Waals surface area contributed by atoms with Crippen LogP contribution in [0.15, 0.2) is 0 Å². The Morgan fingerprint density at radius 2 is 1.81 bits per heavy atom. The number of rotatable bonds is 6. The van der Waals surface area contributed by atoms with E-state index in [0.29, 0.717) is 6.42 Å². The zero-order valence-electron chi connectivity index (χ0n) is 9.90. The maximum atomic E-state index is 10.4. The number of unbranched alkanes of at least 4 members (excludes halogenated alkanes) is 1. The number of hydrogen-bond donors (Lipinski definition) is 1. The molecule has 4 nitrogen and oxygen atoms in total. The Labute approximate surface area is 97.2 Å². The molecule has 1 N–H and O–H groups in total. The van der Waals surface area contributed by atoms with Crippen LogP contribution in [0.2, 0.25) is 0 Å². The normalized spacial score (nSPS) is 23.5. The molecule has 0 bridgehead atoms. The van der Waals surface area contributed by atoms with Gasteiger partial charge in [0.15, 0.2) is 0 Å². The lowest BCUT2D eigenvalue weighted by atomic mass is 10.2. The molecule has 0 aromatic carbocycles. The van der Waals surface area contributed by atoms with Gasteiger partial charge in [-0.15, -0.1) is 0 Å². The van der Waals surface area contributed by atoms with Gasteiger partial charge in [0.05, 0.1) is 0 Å². The minimum absolute atomic E-state index is 0.321. The maximum Gasteiger partial charge on any atom is 0.303 e. The van der Waals surface area contributed by atoms with E-state index in [-0.39, 0.29) is 0 Å². The van der Waals surface area contributed by atoms with E-state index in [0.717, 1.165) is 25.4 Å². The van der Waals surface area contributed by atoms with E-state index in [9.17, 15) is 4.79 Å². The number of aliphatic carboxylic acids is 1. The zero-order valence-corrected chi connectivity index (χ0v) is 9.90. The van der Waals surface area contributed by atoms with Gasteiger partial charge in [-0.1, -0.05) is 0 Å². The lowest BCUT2D eigenvalue weighted by molar-refractivity contribution is -0.137. The third kappa shape index (κ3) is 3.76. The van der Waals surface area contributed by atoms with Crippen molar-refractivity contribution in [1.82, 2.24) is 9.80 Å². The van der Waals surface area contributed by atoms with Crippen molar-refractivity contribution in [2.24, 2.45) is 0 Å². The minimum atomic E-state index is -0.668. The monoisotopic (exact) mass is 226 g/mol. The molecule has 2 rings (SSSR count). The fourth-order valence-corrected chi connectivity index (χ4v) is 2.40. The van der Waals surface area contributed by atoms with Gasteiger partial charge in [-0.25, -0.2) is 0 Å². The summed E-state index contributed by atoms with van der Waals surface area (Å²) in [7, 11) is 0. The fraction of sp³-hybridized carbons (Fsp3) is 0.917. The highest BCUT2D eigenvalue weighted by molar-refractivity contribution is 5.66. The third-order valence-electron chi connectivity index (χ3n) is 3.59. The van der Waals surface area contributed by atoms with Crippen LogP contribution in [0, 0.1) is 0 Å². The van der Waals surface area contributed by atoms with Crippen molar-refractivity contribution in [1.29, 1.82) is 0 Å². The van der Waals surface area contributed by atoms with E-state index in [4.69, 9.17) is 5.11 Å². The first kappa shape index (κ1) is 11.9. The van der Waals surface area contributed by atoms with Crippen molar-refractivity contribution in [3.05, 3.63) is 0 Å². The van der Waals surface area contributed by atoms with Gasteiger partial charge < -0.3 is 10.0 Å².